The first-order valence-corrected chi connectivity index (χ1v) is 8.55. The summed E-state index contributed by atoms with van der Waals surface area (Å²) in [7, 11) is 0. The van der Waals surface area contributed by atoms with Gasteiger partial charge in [0.1, 0.15) is 6.10 Å². The minimum Gasteiger partial charge on any atom is -0.369 e. The van der Waals surface area contributed by atoms with E-state index >= 15 is 0 Å². The number of ether oxygens (including phenoxy) is 1. The van der Waals surface area contributed by atoms with Crippen LogP contribution in [0.5, 0.6) is 0 Å². The Balaban J connectivity index is 1.42. The first-order chi connectivity index (χ1) is 11.9. The highest BCUT2D eigenvalue weighted by Crippen LogP contribution is 2.21. The van der Waals surface area contributed by atoms with Gasteiger partial charge in [0.2, 0.25) is 5.95 Å². The molecule has 0 bridgehead atoms. The van der Waals surface area contributed by atoms with Crippen LogP contribution in [0.2, 0.25) is 0 Å². The van der Waals surface area contributed by atoms with Gasteiger partial charge in [-0.3, -0.25) is 14.9 Å². The van der Waals surface area contributed by atoms with Gasteiger partial charge in [-0.25, -0.2) is 9.97 Å². The predicted molar refractivity (Wildman–Crippen MR) is 89.5 cm³/mol. The lowest BCUT2D eigenvalue weighted by Crippen LogP contribution is -2.38. The quantitative estimate of drug-likeness (QED) is 0.842. The van der Waals surface area contributed by atoms with Crippen LogP contribution in [0.3, 0.4) is 0 Å². The van der Waals surface area contributed by atoms with E-state index in [1.165, 1.54) is 12.8 Å². The molecule has 7 nitrogen and oxygen atoms in total. The van der Waals surface area contributed by atoms with Gasteiger partial charge in [0.05, 0.1) is 24.2 Å². The van der Waals surface area contributed by atoms with E-state index < -0.39 is 0 Å². The molecule has 1 atom stereocenters. The summed E-state index contributed by atoms with van der Waals surface area (Å²) in [5.41, 5.74) is 1.95. The van der Waals surface area contributed by atoms with Crippen LogP contribution in [-0.4, -0.2) is 57.6 Å². The maximum atomic E-state index is 5.85. The normalized spacial score (nSPS) is 22.0. The number of morpholine rings is 1. The van der Waals surface area contributed by atoms with E-state index in [-0.39, 0.29) is 6.10 Å². The Bertz CT molecular complexity index is 661. The van der Waals surface area contributed by atoms with Gasteiger partial charge in [-0.2, -0.15) is 0 Å². The van der Waals surface area contributed by atoms with E-state index in [4.69, 9.17) is 9.72 Å². The van der Waals surface area contributed by atoms with Crippen molar-refractivity contribution in [2.45, 2.75) is 25.5 Å². The van der Waals surface area contributed by atoms with Crippen LogP contribution < -0.4 is 4.90 Å². The summed E-state index contributed by atoms with van der Waals surface area (Å²) in [5.74, 6) is 0.865. The fourth-order valence-corrected chi connectivity index (χ4v) is 3.27. The van der Waals surface area contributed by atoms with Crippen molar-refractivity contribution in [1.82, 2.24) is 24.8 Å². The number of anilines is 1. The minimum atomic E-state index is -0.0210. The molecule has 0 radical (unpaired) electrons. The van der Waals surface area contributed by atoms with Crippen LogP contribution in [-0.2, 0) is 11.3 Å². The summed E-state index contributed by atoms with van der Waals surface area (Å²) in [5, 5.41) is 0. The van der Waals surface area contributed by atoms with Gasteiger partial charge in [-0.1, -0.05) is 0 Å². The van der Waals surface area contributed by atoms with Crippen molar-refractivity contribution >= 4 is 5.95 Å². The Kier molecular flexibility index (Phi) is 4.62. The van der Waals surface area contributed by atoms with Gasteiger partial charge in [-0.05, 0) is 18.9 Å². The van der Waals surface area contributed by atoms with E-state index in [1.54, 1.807) is 18.6 Å². The lowest BCUT2D eigenvalue weighted by atomic mass is 10.2. The van der Waals surface area contributed by atoms with Gasteiger partial charge in [0.25, 0.3) is 0 Å². The Morgan fingerprint density at radius 3 is 2.83 bits per heavy atom. The molecule has 2 aromatic heterocycles. The van der Waals surface area contributed by atoms with Gasteiger partial charge in [0.15, 0.2) is 0 Å². The van der Waals surface area contributed by atoms with Crippen molar-refractivity contribution in [1.29, 1.82) is 0 Å². The van der Waals surface area contributed by atoms with E-state index in [9.17, 15) is 0 Å². The van der Waals surface area contributed by atoms with Crippen LogP contribution in [0.4, 0.5) is 5.95 Å². The Hall–Kier alpha value is -2.12. The van der Waals surface area contributed by atoms with Gasteiger partial charge < -0.3 is 9.64 Å². The molecule has 4 rings (SSSR count). The summed E-state index contributed by atoms with van der Waals surface area (Å²) in [6.45, 7) is 5.35. The van der Waals surface area contributed by atoms with Crippen molar-refractivity contribution in [3.05, 3.63) is 42.2 Å². The monoisotopic (exact) mass is 326 g/mol. The standard InChI is InChI=1S/C17H22N6O/c1-2-8-23(7-1)17-20-4-3-14(21-17)12-22-9-10-24-16(13-22)15-11-18-5-6-19-15/h3-6,11,16H,1-2,7-10,12-13H2/t16-/m0/s1. The first kappa shape index (κ1) is 15.4. The maximum Gasteiger partial charge on any atom is 0.225 e. The lowest BCUT2D eigenvalue weighted by Gasteiger charge is -2.32. The minimum absolute atomic E-state index is 0.0210. The van der Waals surface area contributed by atoms with Crippen molar-refractivity contribution in [2.24, 2.45) is 0 Å². The average molecular weight is 326 g/mol. The largest absolute Gasteiger partial charge is 0.369 e. The SMILES string of the molecule is c1cnc([C@@H]2CN(Cc3ccnc(N4CCCC4)n3)CCO2)cn1. The molecule has 0 unspecified atom stereocenters. The molecule has 4 heterocycles. The number of rotatable bonds is 4. The van der Waals surface area contributed by atoms with Crippen molar-refractivity contribution in [3.63, 3.8) is 0 Å². The Morgan fingerprint density at radius 2 is 2.00 bits per heavy atom. The van der Waals surface area contributed by atoms with Gasteiger partial charge >= 0.3 is 0 Å². The highest BCUT2D eigenvalue weighted by atomic mass is 16.5. The fourth-order valence-electron chi connectivity index (χ4n) is 3.27. The summed E-state index contributed by atoms with van der Waals surface area (Å²) >= 11 is 0. The van der Waals surface area contributed by atoms with Gasteiger partial charge in [-0.15, -0.1) is 0 Å². The topological polar surface area (TPSA) is 67.3 Å². The molecule has 2 saturated heterocycles. The molecule has 0 aromatic carbocycles. The number of hydrogen-bond acceptors (Lipinski definition) is 7. The third-order valence-electron chi connectivity index (χ3n) is 4.54. The number of aromatic nitrogens is 4. The van der Waals surface area contributed by atoms with Crippen molar-refractivity contribution < 1.29 is 4.74 Å². The molecule has 2 aromatic rings. The maximum absolute atomic E-state index is 5.85. The molecule has 24 heavy (non-hydrogen) atoms. The Morgan fingerprint density at radius 1 is 1.08 bits per heavy atom. The molecule has 2 aliphatic rings. The van der Waals surface area contributed by atoms with E-state index in [1.807, 2.05) is 12.3 Å². The summed E-state index contributed by atoms with van der Waals surface area (Å²) in [6, 6.07) is 2.01. The molecule has 126 valence electrons. The zero-order chi connectivity index (χ0) is 16.2. The molecular weight excluding hydrogens is 304 g/mol. The second-order valence-corrected chi connectivity index (χ2v) is 6.27. The lowest BCUT2D eigenvalue weighted by molar-refractivity contribution is -0.0355. The second-order valence-electron chi connectivity index (χ2n) is 6.27. The molecule has 2 aliphatic heterocycles. The molecule has 0 N–H and O–H groups in total. The van der Waals surface area contributed by atoms with Crippen LogP contribution in [0, 0.1) is 0 Å². The molecular formula is C17H22N6O. The fraction of sp³-hybridized carbons (Fsp3) is 0.529. The smallest absolute Gasteiger partial charge is 0.225 e. The van der Waals surface area contributed by atoms with E-state index in [0.717, 1.165) is 50.1 Å². The zero-order valence-corrected chi connectivity index (χ0v) is 13.7. The summed E-state index contributed by atoms with van der Waals surface area (Å²) in [4.78, 5) is 22.3. The third-order valence-corrected chi connectivity index (χ3v) is 4.54. The van der Waals surface area contributed by atoms with Crippen LogP contribution in [0.15, 0.2) is 30.9 Å². The molecule has 2 fully saturated rings. The molecule has 0 spiro atoms. The van der Waals surface area contributed by atoms with Crippen LogP contribution >= 0.6 is 0 Å². The zero-order valence-electron chi connectivity index (χ0n) is 13.7. The van der Waals surface area contributed by atoms with Crippen molar-refractivity contribution in [2.75, 3.05) is 37.7 Å². The van der Waals surface area contributed by atoms with E-state index in [0.29, 0.717) is 6.61 Å². The summed E-state index contributed by atoms with van der Waals surface area (Å²) in [6.07, 6.45) is 9.50. The van der Waals surface area contributed by atoms with E-state index in [2.05, 4.69) is 24.8 Å². The Labute approximate surface area is 141 Å². The van der Waals surface area contributed by atoms with Crippen molar-refractivity contribution in [3.8, 4) is 0 Å². The van der Waals surface area contributed by atoms with Gasteiger partial charge in [0, 0.05) is 51.3 Å². The molecule has 7 heteroatoms. The van der Waals surface area contributed by atoms with Crippen LogP contribution in [0.25, 0.3) is 0 Å². The highest BCUT2D eigenvalue weighted by molar-refractivity contribution is 5.31. The number of nitrogens with zero attached hydrogens (tertiary/aromatic N) is 6. The average Bonchev–Trinajstić information content (AvgIpc) is 3.18. The van der Waals surface area contributed by atoms with Crippen LogP contribution in [0.1, 0.15) is 30.3 Å². The molecule has 0 amide bonds. The third kappa shape index (κ3) is 3.52. The second kappa shape index (κ2) is 7.19. The molecule has 0 saturated carbocycles. The molecule has 0 aliphatic carbocycles. The predicted octanol–water partition coefficient (Wildman–Crippen LogP) is 1.44. The number of hydrogen-bond donors (Lipinski definition) is 0. The highest BCUT2D eigenvalue weighted by Gasteiger charge is 2.24. The first-order valence-electron chi connectivity index (χ1n) is 8.55. The summed E-state index contributed by atoms with van der Waals surface area (Å²) < 4.78 is 5.85.